The van der Waals surface area contributed by atoms with Gasteiger partial charge in [-0.1, -0.05) is 30.0 Å². The van der Waals surface area contributed by atoms with Gasteiger partial charge < -0.3 is 24.1 Å². The molecular weight excluding hydrogens is 296 g/mol. The molecule has 2 aliphatic heterocycles. The first-order chi connectivity index (χ1) is 11.0. The zero-order valence-corrected chi connectivity index (χ0v) is 13.6. The third-order valence-electron chi connectivity index (χ3n) is 3.98. The van der Waals surface area contributed by atoms with Crippen LogP contribution in [0.2, 0.25) is 0 Å². The zero-order valence-electron chi connectivity index (χ0n) is 13.6. The summed E-state index contributed by atoms with van der Waals surface area (Å²) < 4.78 is 22.7. The summed E-state index contributed by atoms with van der Waals surface area (Å²) in [7, 11) is 1.56. The number of fused-ring (bicyclic) bond motifs is 1. The van der Waals surface area contributed by atoms with Gasteiger partial charge in [-0.25, -0.2) is 0 Å². The van der Waals surface area contributed by atoms with Crippen LogP contribution < -0.4 is 0 Å². The highest BCUT2D eigenvalue weighted by Gasteiger charge is 2.57. The molecule has 1 aromatic rings. The van der Waals surface area contributed by atoms with Crippen molar-refractivity contribution in [2.45, 2.75) is 56.8 Å². The lowest BCUT2D eigenvalue weighted by molar-refractivity contribution is -0.236. The van der Waals surface area contributed by atoms with Gasteiger partial charge in [-0.2, -0.15) is 0 Å². The van der Waals surface area contributed by atoms with Gasteiger partial charge in [-0.05, 0) is 26.0 Å². The van der Waals surface area contributed by atoms with E-state index in [0.717, 1.165) is 5.56 Å². The van der Waals surface area contributed by atoms with Crippen LogP contribution in [0.5, 0.6) is 0 Å². The van der Waals surface area contributed by atoms with Crippen molar-refractivity contribution in [2.75, 3.05) is 7.11 Å². The molecule has 2 saturated heterocycles. The van der Waals surface area contributed by atoms with Gasteiger partial charge in [0, 0.05) is 19.1 Å². The Balaban J connectivity index is 1.65. The molecule has 3 rings (SSSR count). The molecule has 2 aliphatic rings. The van der Waals surface area contributed by atoms with Crippen LogP contribution in [0, 0.1) is 11.8 Å². The molecular formula is C18H22O5. The topological polar surface area (TPSA) is 57.2 Å². The van der Waals surface area contributed by atoms with Crippen LogP contribution in [-0.2, 0) is 18.9 Å². The second-order valence-corrected chi connectivity index (χ2v) is 6.21. The number of methoxy groups -OCH3 is 1. The number of benzene rings is 1. The van der Waals surface area contributed by atoms with E-state index in [-0.39, 0.29) is 12.2 Å². The SMILES string of the molecule is CO[C@H]1O[C@H]([C@H](O)CC#Cc2ccccc2)[C@@H]2OC(C)(C)O[C@H]12. The first-order valence-electron chi connectivity index (χ1n) is 7.76. The highest BCUT2D eigenvalue weighted by molar-refractivity contribution is 5.33. The van der Waals surface area contributed by atoms with Gasteiger partial charge in [-0.3, -0.25) is 0 Å². The maximum absolute atomic E-state index is 10.4. The Kier molecular flexibility index (Phi) is 4.72. The Labute approximate surface area is 136 Å². The molecule has 0 aromatic heterocycles. The van der Waals surface area contributed by atoms with Crippen molar-refractivity contribution in [1.29, 1.82) is 0 Å². The van der Waals surface area contributed by atoms with Crippen LogP contribution >= 0.6 is 0 Å². The van der Waals surface area contributed by atoms with E-state index < -0.39 is 24.3 Å². The number of aliphatic hydroxyl groups excluding tert-OH is 1. The number of hydrogen-bond donors (Lipinski definition) is 1. The standard InChI is InChI=1S/C18H22O5/c1-18(2)22-15-14(21-17(20-3)16(15)23-18)13(19)11-7-10-12-8-5-4-6-9-12/h4-6,8-9,13-17,19H,11H2,1-3H3/t13-,14-,15+,16+,17+/m1/s1. The smallest absolute Gasteiger partial charge is 0.186 e. The summed E-state index contributed by atoms with van der Waals surface area (Å²) in [5.41, 5.74) is 0.918. The molecule has 0 unspecified atom stereocenters. The normalized spacial score (nSPS) is 32.9. The second kappa shape index (κ2) is 6.60. The van der Waals surface area contributed by atoms with Gasteiger partial charge in [0.1, 0.15) is 18.3 Å². The van der Waals surface area contributed by atoms with E-state index in [1.54, 1.807) is 7.11 Å². The molecule has 0 saturated carbocycles. The van der Waals surface area contributed by atoms with Crippen molar-refractivity contribution in [3.05, 3.63) is 35.9 Å². The lowest BCUT2D eigenvalue weighted by Crippen LogP contribution is -2.38. The molecule has 5 nitrogen and oxygen atoms in total. The largest absolute Gasteiger partial charge is 0.389 e. The summed E-state index contributed by atoms with van der Waals surface area (Å²) >= 11 is 0. The Bertz CT molecular complexity index is 588. The third-order valence-corrected chi connectivity index (χ3v) is 3.98. The fourth-order valence-electron chi connectivity index (χ4n) is 2.99. The molecule has 0 spiro atoms. The van der Waals surface area contributed by atoms with E-state index in [0.29, 0.717) is 6.42 Å². The third kappa shape index (κ3) is 3.57. The van der Waals surface area contributed by atoms with Crippen LogP contribution in [0.15, 0.2) is 30.3 Å². The first kappa shape index (κ1) is 16.4. The van der Waals surface area contributed by atoms with Crippen molar-refractivity contribution < 1.29 is 24.1 Å². The lowest BCUT2D eigenvalue weighted by Gasteiger charge is -2.25. The molecule has 0 amide bonds. The maximum Gasteiger partial charge on any atom is 0.186 e. The van der Waals surface area contributed by atoms with Gasteiger partial charge in [0.25, 0.3) is 0 Å². The van der Waals surface area contributed by atoms with Crippen molar-refractivity contribution in [1.82, 2.24) is 0 Å². The van der Waals surface area contributed by atoms with Crippen molar-refractivity contribution in [2.24, 2.45) is 0 Å². The summed E-state index contributed by atoms with van der Waals surface area (Å²) in [6.07, 6.45) is -2.22. The molecule has 0 bridgehead atoms. The van der Waals surface area contributed by atoms with Crippen LogP contribution in [0.4, 0.5) is 0 Å². The van der Waals surface area contributed by atoms with Crippen LogP contribution in [-0.4, -0.2) is 48.7 Å². The number of hydrogen-bond acceptors (Lipinski definition) is 5. The van der Waals surface area contributed by atoms with Gasteiger partial charge >= 0.3 is 0 Å². The highest BCUT2D eigenvalue weighted by atomic mass is 16.8. The summed E-state index contributed by atoms with van der Waals surface area (Å²) in [4.78, 5) is 0. The maximum atomic E-state index is 10.4. The van der Waals surface area contributed by atoms with Crippen molar-refractivity contribution in [3.63, 3.8) is 0 Å². The minimum absolute atomic E-state index is 0.295. The zero-order chi connectivity index (χ0) is 16.4. The molecule has 124 valence electrons. The highest BCUT2D eigenvalue weighted by Crippen LogP contribution is 2.40. The minimum Gasteiger partial charge on any atom is -0.389 e. The summed E-state index contributed by atoms with van der Waals surface area (Å²) in [5.74, 6) is 5.32. The van der Waals surface area contributed by atoms with E-state index in [2.05, 4.69) is 11.8 Å². The quantitative estimate of drug-likeness (QED) is 0.860. The number of aliphatic hydroxyl groups is 1. The number of rotatable bonds is 3. The van der Waals surface area contributed by atoms with E-state index in [1.165, 1.54) is 0 Å². The predicted molar refractivity (Wildman–Crippen MR) is 83.4 cm³/mol. The van der Waals surface area contributed by atoms with Crippen molar-refractivity contribution >= 4 is 0 Å². The van der Waals surface area contributed by atoms with Gasteiger partial charge in [0.15, 0.2) is 12.1 Å². The average Bonchev–Trinajstić information content (AvgIpc) is 3.01. The van der Waals surface area contributed by atoms with Crippen LogP contribution in [0.3, 0.4) is 0 Å². The summed E-state index contributed by atoms with van der Waals surface area (Å²) in [5, 5.41) is 10.4. The van der Waals surface area contributed by atoms with Gasteiger partial charge in [0.05, 0.1) is 6.10 Å². The Morgan fingerprint density at radius 1 is 1.22 bits per heavy atom. The molecule has 0 radical (unpaired) electrons. The van der Waals surface area contributed by atoms with Gasteiger partial charge in [-0.15, -0.1) is 0 Å². The predicted octanol–water partition coefficient (Wildman–Crippen LogP) is 1.68. The van der Waals surface area contributed by atoms with Crippen LogP contribution in [0.1, 0.15) is 25.8 Å². The summed E-state index contributed by atoms with van der Waals surface area (Å²) in [6, 6.07) is 9.66. The Hall–Kier alpha value is -1.42. The van der Waals surface area contributed by atoms with E-state index in [9.17, 15) is 5.11 Å². The van der Waals surface area contributed by atoms with Crippen molar-refractivity contribution in [3.8, 4) is 11.8 Å². The Morgan fingerprint density at radius 2 is 1.91 bits per heavy atom. The lowest BCUT2D eigenvalue weighted by atomic mass is 10.0. The molecule has 2 heterocycles. The molecule has 23 heavy (non-hydrogen) atoms. The molecule has 5 heteroatoms. The summed E-state index contributed by atoms with van der Waals surface area (Å²) in [6.45, 7) is 3.69. The fourth-order valence-corrected chi connectivity index (χ4v) is 2.99. The molecule has 1 N–H and O–H groups in total. The molecule has 1 aromatic carbocycles. The van der Waals surface area contributed by atoms with E-state index in [4.69, 9.17) is 18.9 Å². The van der Waals surface area contributed by atoms with E-state index >= 15 is 0 Å². The van der Waals surface area contributed by atoms with Crippen LogP contribution in [0.25, 0.3) is 0 Å². The monoisotopic (exact) mass is 318 g/mol. The molecule has 2 fully saturated rings. The average molecular weight is 318 g/mol. The van der Waals surface area contributed by atoms with Gasteiger partial charge in [0.2, 0.25) is 0 Å². The second-order valence-electron chi connectivity index (χ2n) is 6.21. The Morgan fingerprint density at radius 3 is 2.61 bits per heavy atom. The first-order valence-corrected chi connectivity index (χ1v) is 7.76. The molecule has 5 atom stereocenters. The van der Waals surface area contributed by atoms with E-state index in [1.807, 2.05) is 44.2 Å². The fraction of sp³-hybridized carbons (Fsp3) is 0.556. The molecule has 0 aliphatic carbocycles. The number of ether oxygens (including phenoxy) is 4. The minimum atomic E-state index is -0.767.